The number of nitrogens with one attached hydrogen (secondary N) is 1. The highest BCUT2D eigenvalue weighted by atomic mass is 35.5. The van der Waals surface area contributed by atoms with Crippen LogP contribution in [0.4, 0.5) is 5.13 Å². The van der Waals surface area contributed by atoms with Gasteiger partial charge in [-0.3, -0.25) is 4.79 Å². The van der Waals surface area contributed by atoms with Crippen molar-refractivity contribution < 1.29 is 35.1 Å². The van der Waals surface area contributed by atoms with E-state index in [9.17, 15) is 24.7 Å². The van der Waals surface area contributed by atoms with E-state index in [0.29, 0.717) is 0 Å². The molecule has 11 nitrogen and oxygen atoms in total. The molecule has 0 aliphatic carbocycles. The Morgan fingerprint density at radius 1 is 1.36 bits per heavy atom. The largest absolute Gasteiger partial charge is 0.507 e. The molecule has 2 aromatic rings. The van der Waals surface area contributed by atoms with Gasteiger partial charge in [0.05, 0.1) is 5.94 Å². The third kappa shape index (κ3) is 5.33. The summed E-state index contributed by atoms with van der Waals surface area (Å²) < 4.78 is 0. The number of nitrogens with two attached hydrogens (primary N) is 1. The molecule has 2 rings (SSSR count). The van der Waals surface area contributed by atoms with E-state index in [1.807, 2.05) is 0 Å². The van der Waals surface area contributed by atoms with Gasteiger partial charge in [0.1, 0.15) is 17.0 Å². The Balaban J connectivity index is 0.00000392. The first-order chi connectivity index (χ1) is 12.7. The smallest absolute Gasteiger partial charge is 0.475 e. The van der Waals surface area contributed by atoms with Crippen molar-refractivity contribution in [1.82, 2.24) is 10.3 Å². The van der Waals surface area contributed by atoms with E-state index in [1.165, 1.54) is 23.6 Å². The number of carboxylic acids is 1. The molecule has 0 fully saturated rings. The van der Waals surface area contributed by atoms with E-state index < -0.39 is 36.4 Å². The number of oxime groups is 1. The molecule has 8 N–H and O–H groups in total. The Morgan fingerprint density at radius 3 is 2.54 bits per heavy atom. The first kappa shape index (κ1) is 23.2. The van der Waals surface area contributed by atoms with Crippen molar-refractivity contribution in [3.8, 4) is 5.75 Å². The van der Waals surface area contributed by atoms with Crippen LogP contribution in [-0.4, -0.2) is 61.1 Å². The lowest BCUT2D eigenvalue weighted by Crippen LogP contribution is -2.50. The number of nitrogen functional groups attached to an aromatic ring is 1. The van der Waals surface area contributed by atoms with E-state index in [1.54, 1.807) is 0 Å². The fourth-order valence-electron chi connectivity index (χ4n) is 2.24. The average Bonchev–Trinajstić information content (AvgIpc) is 3.02. The van der Waals surface area contributed by atoms with Crippen molar-refractivity contribution in [2.24, 2.45) is 5.16 Å². The Labute approximate surface area is 168 Å². The molecular formula is C14H16BClN4O7S. The number of aromatic nitrogens is 1. The maximum absolute atomic E-state index is 12.3. The summed E-state index contributed by atoms with van der Waals surface area (Å²) in [6, 6.07) is 3.90. The van der Waals surface area contributed by atoms with Crippen molar-refractivity contribution in [3.05, 3.63) is 40.4 Å². The maximum Gasteiger partial charge on any atom is 0.475 e. The molecule has 0 radical (unpaired) electrons. The maximum atomic E-state index is 12.3. The van der Waals surface area contributed by atoms with Gasteiger partial charge >= 0.3 is 13.1 Å². The number of halogens is 1. The Kier molecular flexibility index (Phi) is 8.19. The van der Waals surface area contributed by atoms with Crippen molar-refractivity contribution in [1.29, 1.82) is 0 Å². The molecule has 1 heterocycles. The van der Waals surface area contributed by atoms with Crippen molar-refractivity contribution >= 4 is 53.6 Å². The van der Waals surface area contributed by atoms with Gasteiger partial charge in [-0.05, 0) is 18.1 Å². The summed E-state index contributed by atoms with van der Waals surface area (Å²) in [5, 5.41) is 53.7. The van der Waals surface area contributed by atoms with Crippen LogP contribution in [0.2, 0.25) is 0 Å². The van der Waals surface area contributed by atoms with Crippen LogP contribution >= 0.6 is 23.7 Å². The number of para-hydroxylation sites is 1. The summed E-state index contributed by atoms with van der Waals surface area (Å²) in [7, 11) is -2.05. The number of hydrogen-bond donors (Lipinski definition) is 7. The number of carbonyl (C=O) groups is 2. The number of carboxylic acid groups (broad SMARTS) is 1. The second-order valence-corrected chi connectivity index (χ2v) is 6.23. The number of thiazole rings is 1. The highest BCUT2D eigenvalue weighted by Crippen LogP contribution is 2.24. The number of anilines is 1. The normalized spacial score (nSPS) is 12.0. The zero-order chi connectivity index (χ0) is 20.1. The molecule has 1 amide bonds. The van der Waals surface area contributed by atoms with Crippen LogP contribution < -0.4 is 11.1 Å². The minimum Gasteiger partial charge on any atom is -0.507 e. The summed E-state index contributed by atoms with van der Waals surface area (Å²) in [5.74, 6) is -4.25. The molecule has 0 spiro atoms. The number of carbonyl (C=O) groups excluding carboxylic acids is 1. The third-order valence-corrected chi connectivity index (χ3v) is 4.22. The average molecular weight is 431 g/mol. The number of aromatic carboxylic acids is 1. The van der Waals surface area contributed by atoms with E-state index in [0.717, 1.165) is 11.3 Å². The first-order valence-electron chi connectivity index (χ1n) is 7.39. The topological polar surface area (TPSA) is 199 Å². The number of rotatable bonds is 7. The highest BCUT2D eigenvalue weighted by molar-refractivity contribution is 7.13. The van der Waals surface area contributed by atoms with Crippen LogP contribution in [0.25, 0.3) is 0 Å². The predicted octanol–water partition coefficient (Wildman–Crippen LogP) is -0.531. The van der Waals surface area contributed by atoms with Gasteiger partial charge in [0, 0.05) is 5.38 Å². The number of aromatic hydroxyl groups is 1. The minimum absolute atomic E-state index is 0. The van der Waals surface area contributed by atoms with E-state index >= 15 is 0 Å². The van der Waals surface area contributed by atoms with Gasteiger partial charge in [0.15, 0.2) is 10.8 Å². The molecule has 0 unspecified atom stereocenters. The van der Waals surface area contributed by atoms with Gasteiger partial charge < -0.3 is 36.5 Å². The first-order valence-corrected chi connectivity index (χ1v) is 8.27. The molecule has 28 heavy (non-hydrogen) atoms. The van der Waals surface area contributed by atoms with E-state index in [-0.39, 0.29) is 40.8 Å². The van der Waals surface area contributed by atoms with Gasteiger partial charge in [-0.1, -0.05) is 17.3 Å². The number of benzene rings is 1. The van der Waals surface area contributed by atoms with Gasteiger partial charge in [-0.2, -0.15) is 0 Å². The molecule has 0 bridgehead atoms. The van der Waals surface area contributed by atoms with Crippen molar-refractivity contribution in [2.75, 3.05) is 5.73 Å². The van der Waals surface area contributed by atoms with E-state index in [4.69, 9.17) is 16.0 Å². The summed E-state index contributed by atoms with van der Waals surface area (Å²) in [6.45, 7) is 0. The third-order valence-electron chi connectivity index (χ3n) is 3.55. The fraction of sp³-hybridized carbons (Fsp3) is 0.143. The lowest BCUT2D eigenvalue weighted by atomic mass is 9.75. The quantitative estimate of drug-likeness (QED) is 0.130. The number of hydrogen-bond acceptors (Lipinski definition) is 10. The molecule has 0 aliphatic heterocycles. The van der Waals surface area contributed by atoms with Gasteiger partial charge in [-0.15, -0.1) is 23.7 Å². The molecular weight excluding hydrogens is 415 g/mol. The Morgan fingerprint density at radius 2 is 2.04 bits per heavy atom. The van der Waals surface area contributed by atoms with Gasteiger partial charge in [-0.25, -0.2) is 9.78 Å². The van der Waals surface area contributed by atoms with Crippen LogP contribution in [0.1, 0.15) is 21.6 Å². The number of amides is 1. The zero-order valence-corrected chi connectivity index (χ0v) is 15.6. The van der Waals surface area contributed by atoms with Gasteiger partial charge in [0.25, 0.3) is 5.91 Å². The molecule has 14 heteroatoms. The van der Waals surface area contributed by atoms with Crippen molar-refractivity contribution in [3.63, 3.8) is 0 Å². The highest BCUT2D eigenvalue weighted by Gasteiger charge is 2.30. The standard InChI is InChI=1S/C14H15BN4O7S.ClH/c16-14-17-8(5-27-14)10(19-26)12(21)18-9(15(24)25)4-6-2-1-3-7(11(6)20)13(22)23;/h1-3,5,9,20,24-26H,4H2,(H2,16,17)(H,18,21)(H,22,23);1H/t9-;/m0./s1. The van der Waals surface area contributed by atoms with Crippen LogP contribution in [0.15, 0.2) is 28.7 Å². The minimum atomic E-state index is -2.05. The summed E-state index contributed by atoms with van der Waals surface area (Å²) in [4.78, 5) is 27.2. The molecule has 150 valence electrons. The van der Waals surface area contributed by atoms with Crippen LogP contribution in [0.5, 0.6) is 5.75 Å². The second kappa shape index (κ2) is 9.89. The predicted molar refractivity (Wildman–Crippen MR) is 103 cm³/mol. The molecule has 1 atom stereocenters. The fourth-order valence-corrected chi connectivity index (χ4v) is 2.79. The summed E-state index contributed by atoms with van der Waals surface area (Å²) in [5.41, 5.74) is 4.63. The molecule has 0 saturated carbocycles. The van der Waals surface area contributed by atoms with Crippen LogP contribution in [0.3, 0.4) is 0 Å². The van der Waals surface area contributed by atoms with Crippen LogP contribution in [0, 0.1) is 0 Å². The summed E-state index contributed by atoms with van der Waals surface area (Å²) >= 11 is 1.01. The monoisotopic (exact) mass is 430 g/mol. The van der Waals surface area contributed by atoms with Gasteiger partial charge in [0.2, 0.25) is 0 Å². The SMILES string of the molecule is Cl.Nc1nc(C(=NO)C(=O)N[C@@H](Cc2cccc(C(=O)O)c2O)B(O)O)cs1. The second-order valence-electron chi connectivity index (χ2n) is 5.34. The number of phenols is 1. The number of nitrogens with zero attached hydrogens (tertiary/aromatic N) is 2. The lowest BCUT2D eigenvalue weighted by Gasteiger charge is -2.18. The lowest BCUT2D eigenvalue weighted by molar-refractivity contribution is -0.115. The molecule has 1 aromatic heterocycles. The summed E-state index contributed by atoms with van der Waals surface area (Å²) in [6.07, 6.45) is -0.311. The van der Waals surface area contributed by atoms with E-state index in [2.05, 4.69) is 15.5 Å². The molecule has 1 aromatic carbocycles. The Hall–Kier alpha value is -2.87. The van der Waals surface area contributed by atoms with Crippen molar-refractivity contribution in [2.45, 2.75) is 12.4 Å². The zero-order valence-electron chi connectivity index (χ0n) is 14.0. The molecule has 0 aliphatic rings. The molecule has 0 saturated heterocycles. The Bertz CT molecular complexity index is 892. The van der Waals surface area contributed by atoms with Crippen LogP contribution in [-0.2, 0) is 11.2 Å².